The third-order valence-corrected chi connectivity index (χ3v) is 5.08. The largest absolute Gasteiger partial charge is 0.493 e. The van der Waals surface area contributed by atoms with Crippen molar-refractivity contribution in [3.63, 3.8) is 0 Å². The zero-order chi connectivity index (χ0) is 15.4. The van der Waals surface area contributed by atoms with E-state index in [0.29, 0.717) is 6.04 Å². The summed E-state index contributed by atoms with van der Waals surface area (Å²) in [6, 6.07) is 7.00. The number of rotatable bonds is 6. The molecule has 0 saturated carbocycles. The van der Waals surface area contributed by atoms with E-state index in [1.807, 2.05) is 0 Å². The Morgan fingerprint density at radius 2 is 2.05 bits per heavy atom. The van der Waals surface area contributed by atoms with Crippen molar-refractivity contribution in [3.8, 4) is 5.75 Å². The van der Waals surface area contributed by atoms with Gasteiger partial charge in [0.2, 0.25) is 0 Å². The molecule has 2 heterocycles. The molecule has 1 aromatic carbocycles. The van der Waals surface area contributed by atoms with Gasteiger partial charge in [0.25, 0.3) is 0 Å². The van der Waals surface area contributed by atoms with Crippen LogP contribution in [0, 0.1) is 0 Å². The fourth-order valence-corrected chi connectivity index (χ4v) is 3.54. The van der Waals surface area contributed by atoms with Gasteiger partial charge in [-0.05, 0) is 30.0 Å². The molecule has 0 amide bonds. The summed E-state index contributed by atoms with van der Waals surface area (Å²) in [6.07, 6.45) is 3.21. The van der Waals surface area contributed by atoms with Gasteiger partial charge in [0.1, 0.15) is 5.75 Å². The maximum Gasteiger partial charge on any atom is 0.122 e. The maximum atomic E-state index is 9.41. The monoisotopic (exact) mass is 304 g/mol. The number of fused-ring (bicyclic) bond motifs is 1. The minimum Gasteiger partial charge on any atom is -0.493 e. The van der Waals surface area contributed by atoms with Gasteiger partial charge in [-0.15, -0.1) is 0 Å². The van der Waals surface area contributed by atoms with E-state index in [4.69, 9.17) is 4.74 Å². The molecular formula is C18H28N2O2. The van der Waals surface area contributed by atoms with E-state index in [0.717, 1.165) is 64.3 Å². The molecule has 22 heavy (non-hydrogen) atoms. The summed E-state index contributed by atoms with van der Waals surface area (Å²) < 4.78 is 5.57. The van der Waals surface area contributed by atoms with Gasteiger partial charge in [-0.1, -0.05) is 19.1 Å². The molecule has 1 fully saturated rings. The van der Waals surface area contributed by atoms with Gasteiger partial charge in [-0.2, -0.15) is 0 Å². The second-order valence-electron chi connectivity index (χ2n) is 6.41. The van der Waals surface area contributed by atoms with Gasteiger partial charge in [-0.25, -0.2) is 0 Å². The van der Waals surface area contributed by atoms with E-state index >= 15 is 0 Å². The van der Waals surface area contributed by atoms with E-state index in [1.54, 1.807) is 0 Å². The van der Waals surface area contributed by atoms with E-state index in [1.165, 1.54) is 11.1 Å². The number of piperazine rings is 1. The first-order chi connectivity index (χ1) is 10.8. The Morgan fingerprint density at radius 3 is 2.77 bits per heavy atom. The fraction of sp³-hybridized carbons (Fsp3) is 0.667. The van der Waals surface area contributed by atoms with Crippen LogP contribution in [0.5, 0.6) is 5.75 Å². The molecule has 1 N–H and O–H groups in total. The highest BCUT2D eigenvalue weighted by molar-refractivity contribution is 5.39. The highest BCUT2D eigenvalue weighted by Crippen LogP contribution is 2.26. The molecule has 2 aliphatic rings. The highest BCUT2D eigenvalue weighted by Gasteiger charge is 2.22. The average Bonchev–Trinajstić information content (AvgIpc) is 3.03. The molecule has 1 saturated heterocycles. The quantitative estimate of drug-likeness (QED) is 0.865. The van der Waals surface area contributed by atoms with Gasteiger partial charge >= 0.3 is 0 Å². The summed E-state index contributed by atoms with van der Waals surface area (Å²) in [5, 5.41) is 9.41. The SMILES string of the molecule is CCC(CO)N1CCN(CCc2ccc3c(c2)CCO3)CC1. The van der Waals surface area contributed by atoms with Crippen LogP contribution < -0.4 is 4.74 Å². The Bertz CT molecular complexity index is 480. The Balaban J connectivity index is 1.45. The predicted octanol–water partition coefficient (Wildman–Crippen LogP) is 1.55. The zero-order valence-corrected chi connectivity index (χ0v) is 13.6. The molecule has 1 atom stereocenters. The van der Waals surface area contributed by atoms with Crippen LogP contribution in [0.4, 0.5) is 0 Å². The number of benzene rings is 1. The first-order valence-corrected chi connectivity index (χ1v) is 8.62. The van der Waals surface area contributed by atoms with Crippen LogP contribution in [0.15, 0.2) is 18.2 Å². The molecule has 0 spiro atoms. The van der Waals surface area contributed by atoms with Crippen LogP contribution in [-0.2, 0) is 12.8 Å². The number of hydrogen-bond donors (Lipinski definition) is 1. The van der Waals surface area contributed by atoms with Gasteiger partial charge in [0, 0.05) is 45.2 Å². The zero-order valence-electron chi connectivity index (χ0n) is 13.6. The lowest BCUT2D eigenvalue weighted by Gasteiger charge is -2.38. The Labute approximate surface area is 133 Å². The van der Waals surface area contributed by atoms with Crippen LogP contribution >= 0.6 is 0 Å². The standard InChI is InChI=1S/C18H28N2O2/c1-2-17(14-21)20-10-8-19(9-11-20)7-5-15-3-4-18-16(13-15)6-12-22-18/h3-4,13,17,21H,2,5-12,14H2,1H3. The molecule has 2 aliphatic heterocycles. The Hall–Kier alpha value is -1.10. The first-order valence-electron chi connectivity index (χ1n) is 8.62. The van der Waals surface area contributed by atoms with E-state index in [-0.39, 0.29) is 6.61 Å². The van der Waals surface area contributed by atoms with Crippen molar-refractivity contribution in [1.29, 1.82) is 0 Å². The molecule has 0 aliphatic carbocycles. The topological polar surface area (TPSA) is 35.9 Å². The second kappa shape index (κ2) is 7.44. The van der Waals surface area contributed by atoms with Gasteiger partial charge in [-0.3, -0.25) is 4.90 Å². The van der Waals surface area contributed by atoms with Crippen LogP contribution in [-0.4, -0.2) is 66.9 Å². The third-order valence-electron chi connectivity index (χ3n) is 5.08. The average molecular weight is 304 g/mol. The lowest BCUT2D eigenvalue weighted by atomic mass is 10.1. The number of nitrogens with zero attached hydrogens (tertiary/aromatic N) is 2. The van der Waals surface area contributed by atoms with Gasteiger partial charge in [0.05, 0.1) is 13.2 Å². The molecule has 0 aromatic heterocycles. The molecule has 122 valence electrons. The minimum absolute atomic E-state index is 0.285. The molecule has 3 rings (SSSR count). The van der Waals surface area contributed by atoms with Crippen LogP contribution in [0.25, 0.3) is 0 Å². The summed E-state index contributed by atoms with van der Waals surface area (Å²) in [5.74, 6) is 1.08. The minimum atomic E-state index is 0.285. The summed E-state index contributed by atoms with van der Waals surface area (Å²) in [5.41, 5.74) is 2.80. The van der Waals surface area contributed by atoms with Crippen molar-refractivity contribution in [2.24, 2.45) is 0 Å². The van der Waals surface area contributed by atoms with Crippen molar-refractivity contribution in [2.75, 3.05) is 45.9 Å². The molecule has 4 nitrogen and oxygen atoms in total. The van der Waals surface area contributed by atoms with E-state index < -0.39 is 0 Å². The van der Waals surface area contributed by atoms with Gasteiger partial charge < -0.3 is 14.7 Å². The second-order valence-corrected chi connectivity index (χ2v) is 6.41. The van der Waals surface area contributed by atoms with Crippen molar-refractivity contribution in [1.82, 2.24) is 9.80 Å². The summed E-state index contributed by atoms with van der Waals surface area (Å²) in [7, 11) is 0. The normalized spacial score (nSPS) is 20.6. The van der Waals surface area contributed by atoms with Crippen LogP contribution in [0.1, 0.15) is 24.5 Å². The van der Waals surface area contributed by atoms with Crippen molar-refractivity contribution in [2.45, 2.75) is 32.2 Å². The lowest BCUT2D eigenvalue weighted by Crippen LogP contribution is -2.51. The van der Waals surface area contributed by atoms with Crippen molar-refractivity contribution in [3.05, 3.63) is 29.3 Å². The Kier molecular flexibility index (Phi) is 5.34. The summed E-state index contributed by atoms with van der Waals surface area (Å²) in [6.45, 7) is 8.80. The number of aliphatic hydroxyl groups is 1. The first kappa shape index (κ1) is 15.8. The van der Waals surface area contributed by atoms with Crippen molar-refractivity contribution >= 4 is 0 Å². The van der Waals surface area contributed by atoms with Gasteiger partial charge in [0.15, 0.2) is 0 Å². The highest BCUT2D eigenvalue weighted by atomic mass is 16.5. The fourth-order valence-electron chi connectivity index (χ4n) is 3.54. The molecule has 0 radical (unpaired) electrons. The molecule has 0 bridgehead atoms. The van der Waals surface area contributed by atoms with E-state index in [9.17, 15) is 5.11 Å². The van der Waals surface area contributed by atoms with Crippen molar-refractivity contribution < 1.29 is 9.84 Å². The molecule has 1 unspecified atom stereocenters. The maximum absolute atomic E-state index is 9.41. The summed E-state index contributed by atoms with van der Waals surface area (Å²) in [4.78, 5) is 4.98. The van der Waals surface area contributed by atoms with Crippen LogP contribution in [0.2, 0.25) is 0 Å². The number of hydrogen-bond acceptors (Lipinski definition) is 4. The smallest absolute Gasteiger partial charge is 0.122 e. The number of aliphatic hydroxyl groups excluding tert-OH is 1. The predicted molar refractivity (Wildman–Crippen MR) is 88.5 cm³/mol. The number of ether oxygens (including phenoxy) is 1. The van der Waals surface area contributed by atoms with E-state index in [2.05, 4.69) is 34.9 Å². The molecule has 4 heteroatoms. The third kappa shape index (κ3) is 3.62. The molecular weight excluding hydrogens is 276 g/mol. The van der Waals surface area contributed by atoms with Crippen LogP contribution in [0.3, 0.4) is 0 Å². The Morgan fingerprint density at radius 1 is 1.23 bits per heavy atom. The molecule has 1 aromatic rings. The lowest BCUT2D eigenvalue weighted by molar-refractivity contribution is 0.0641. The summed E-state index contributed by atoms with van der Waals surface area (Å²) >= 11 is 0.